The summed E-state index contributed by atoms with van der Waals surface area (Å²) >= 11 is 0. The second-order valence-corrected chi connectivity index (χ2v) is 6.18. The Hall–Kier alpha value is -1.35. The van der Waals surface area contributed by atoms with Crippen LogP contribution in [-0.2, 0) is 22.4 Å². The van der Waals surface area contributed by atoms with Gasteiger partial charge in [0.05, 0.1) is 6.61 Å². The summed E-state index contributed by atoms with van der Waals surface area (Å²) in [5.74, 6) is 0.808. The summed E-state index contributed by atoms with van der Waals surface area (Å²) < 4.78 is 5.51. The lowest BCUT2D eigenvalue weighted by atomic mass is 9.98. The number of piperidine rings is 1. The van der Waals surface area contributed by atoms with Crippen LogP contribution in [0.2, 0.25) is 0 Å². The van der Waals surface area contributed by atoms with Crippen LogP contribution in [0, 0.1) is 5.92 Å². The average molecular weight is 303 g/mol. The third-order valence-corrected chi connectivity index (χ3v) is 4.49. The van der Waals surface area contributed by atoms with Gasteiger partial charge in [0.15, 0.2) is 0 Å². The molecule has 2 rings (SSSR count). The molecule has 1 aliphatic rings. The topological polar surface area (TPSA) is 29.5 Å². The van der Waals surface area contributed by atoms with Crippen LogP contribution in [0.4, 0.5) is 0 Å². The Morgan fingerprint density at radius 2 is 1.95 bits per heavy atom. The van der Waals surface area contributed by atoms with Crippen molar-refractivity contribution in [2.24, 2.45) is 5.92 Å². The third kappa shape index (κ3) is 5.13. The van der Waals surface area contributed by atoms with Crippen LogP contribution in [0.1, 0.15) is 44.2 Å². The highest BCUT2D eigenvalue weighted by Crippen LogP contribution is 2.18. The molecular weight excluding hydrogens is 274 g/mol. The van der Waals surface area contributed by atoms with Crippen LogP contribution in [0.25, 0.3) is 0 Å². The number of rotatable bonds is 7. The monoisotopic (exact) mass is 303 g/mol. The minimum atomic E-state index is 0.292. The predicted octanol–water partition coefficient (Wildman–Crippen LogP) is 3.46. The lowest BCUT2D eigenvalue weighted by molar-refractivity contribution is -0.133. The van der Waals surface area contributed by atoms with Crippen molar-refractivity contribution in [3.63, 3.8) is 0 Å². The number of hydrogen-bond donors (Lipinski definition) is 0. The zero-order chi connectivity index (χ0) is 15.8. The van der Waals surface area contributed by atoms with Gasteiger partial charge in [-0.1, -0.05) is 31.2 Å². The van der Waals surface area contributed by atoms with Crippen molar-refractivity contribution in [3.05, 3.63) is 35.4 Å². The first-order valence-electron chi connectivity index (χ1n) is 8.66. The van der Waals surface area contributed by atoms with E-state index in [0.29, 0.717) is 18.2 Å². The molecule has 1 unspecified atom stereocenters. The van der Waals surface area contributed by atoms with Crippen molar-refractivity contribution in [3.8, 4) is 0 Å². The Balaban J connectivity index is 1.78. The Kier molecular flexibility index (Phi) is 6.91. The largest absolute Gasteiger partial charge is 0.381 e. The molecule has 0 N–H and O–H groups in total. The predicted molar refractivity (Wildman–Crippen MR) is 89.9 cm³/mol. The van der Waals surface area contributed by atoms with Crippen LogP contribution in [0.3, 0.4) is 0 Å². The molecule has 3 nitrogen and oxygen atoms in total. The minimum Gasteiger partial charge on any atom is -0.381 e. The third-order valence-electron chi connectivity index (χ3n) is 4.49. The molecule has 1 aromatic carbocycles. The molecule has 1 heterocycles. The van der Waals surface area contributed by atoms with E-state index >= 15 is 0 Å². The fourth-order valence-corrected chi connectivity index (χ4v) is 3.06. The summed E-state index contributed by atoms with van der Waals surface area (Å²) in [5, 5.41) is 0. The molecule has 3 heteroatoms. The zero-order valence-electron chi connectivity index (χ0n) is 14.0. The molecular formula is C19H29NO2. The number of carbonyl (C=O) groups excluding carboxylic acids is 1. The molecule has 1 amide bonds. The van der Waals surface area contributed by atoms with E-state index in [0.717, 1.165) is 45.6 Å². The van der Waals surface area contributed by atoms with Gasteiger partial charge in [0.25, 0.3) is 0 Å². The molecule has 22 heavy (non-hydrogen) atoms. The van der Waals surface area contributed by atoms with Gasteiger partial charge in [-0.2, -0.15) is 0 Å². The van der Waals surface area contributed by atoms with Crippen molar-refractivity contribution in [1.29, 1.82) is 0 Å². The van der Waals surface area contributed by atoms with Crippen LogP contribution in [-0.4, -0.2) is 37.1 Å². The molecule has 1 aliphatic heterocycles. The van der Waals surface area contributed by atoms with Crippen molar-refractivity contribution < 1.29 is 9.53 Å². The van der Waals surface area contributed by atoms with E-state index in [2.05, 4.69) is 31.2 Å². The highest BCUT2D eigenvalue weighted by atomic mass is 16.5. The van der Waals surface area contributed by atoms with Crippen molar-refractivity contribution in [1.82, 2.24) is 4.90 Å². The minimum absolute atomic E-state index is 0.292. The van der Waals surface area contributed by atoms with Crippen molar-refractivity contribution >= 4 is 5.91 Å². The maximum absolute atomic E-state index is 12.4. The van der Waals surface area contributed by atoms with Crippen LogP contribution in [0.15, 0.2) is 24.3 Å². The van der Waals surface area contributed by atoms with Gasteiger partial charge in [0.1, 0.15) is 0 Å². The van der Waals surface area contributed by atoms with Gasteiger partial charge in [0.2, 0.25) is 5.91 Å². The Labute approximate surface area is 134 Å². The van der Waals surface area contributed by atoms with E-state index in [4.69, 9.17) is 4.74 Å². The van der Waals surface area contributed by atoms with Gasteiger partial charge in [-0.3, -0.25) is 4.79 Å². The van der Waals surface area contributed by atoms with E-state index in [-0.39, 0.29) is 0 Å². The maximum atomic E-state index is 12.4. The summed E-state index contributed by atoms with van der Waals surface area (Å²) in [6.07, 6.45) is 4.81. The molecule has 122 valence electrons. The molecule has 1 aromatic rings. The van der Waals surface area contributed by atoms with Crippen LogP contribution in [0.5, 0.6) is 0 Å². The van der Waals surface area contributed by atoms with Gasteiger partial charge >= 0.3 is 0 Å². The van der Waals surface area contributed by atoms with E-state index in [1.165, 1.54) is 17.5 Å². The number of benzene rings is 1. The maximum Gasteiger partial charge on any atom is 0.222 e. The second kappa shape index (κ2) is 8.94. The lowest BCUT2D eigenvalue weighted by Gasteiger charge is -2.32. The number of hydrogen-bond acceptors (Lipinski definition) is 2. The summed E-state index contributed by atoms with van der Waals surface area (Å²) in [4.78, 5) is 14.4. The molecule has 0 radical (unpaired) electrons. The van der Waals surface area contributed by atoms with Crippen molar-refractivity contribution in [2.75, 3.05) is 26.3 Å². The smallest absolute Gasteiger partial charge is 0.222 e. The average Bonchev–Trinajstić information content (AvgIpc) is 2.58. The van der Waals surface area contributed by atoms with Crippen molar-refractivity contribution in [2.45, 2.75) is 46.0 Å². The standard InChI is InChI=1S/C19H29NO2/c1-3-16-7-9-17(10-8-16)11-12-19(21)20-13-5-6-18(14-20)15-22-4-2/h7-10,18H,3-6,11-15H2,1-2H3. The second-order valence-electron chi connectivity index (χ2n) is 6.18. The number of amides is 1. The number of carbonyl (C=O) groups is 1. The number of likely N-dealkylation sites (tertiary alicyclic amines) is 1. The van der Waals surface area contributed by atoms with Gasteiger partial charge in [-0.25, -0.2) is 0 Å². The van der Waals surface area contributed by atoms with Crippen LogP contribution < -0.4 is 0 Å². The summed E-state index contributed by atoms with van der Waals surface area (Å²) in [6, 6.07) is 8.64. The van der Waals surface area contributed by atoms with Gasteiger partial charge < -0.3 is 9.64 Å². The Bertz CT molecular complexity index is 455. The molecule has 0 saturated carbocycles. The molecule has 0 spiro atoms. The molecule has 0 aliphatic carbocycles. The molecule has 1 atom stereocenters. The highest BCUT2D eigenvalue weighted by molar-refractivity contribution is 5.76. The quantitative estimate of drug-likeness (QED) is 0.772. The SMILES string of the molecule is CCOCC1CCCN(C(=O)CCc2ccc(CC)cc2)C1. The van der Waals surface area contributed by atoms with E-state index in [1.54, 1.807) is 0 Å². The Morgan fingerprint density at radius 1 is 1.23 bits per heavy atom. The number of ether oxygens (including phenoxy) is 1. The van der Waals surface area contributed by atoms with E-state index in [1.807, 2.05) is 11.8 Å². The molecule has 0 aromatic heterocycles. The fraction of sp³-hybridized carbons (Fsp3) is 0.632. The lowest BCUT2D eigenvalue weighted by Crippen LogP contribution is -2.41. The van der Waals surface area contributed by atoms with E-state index < -0.39 is 0 Å². The van der Waals surface area contributed by atoms with Gasteiger partial charge in [-0.05, 0) is 49.7 Å². The summed E-state index contributed by atoms with van der Waals surface area (Å²) in [6.45, 7) is 7.52. The summed E-state index contributed by atoms with van der Waals surface area (Å²) in [7, 11) is 0. The highest BCUT2D eigenvalue weighted by Gasteiger charge is 2.23. The van der Waals surface area contributed by atoms with E-state index in [9.17, 15) is 4.79 Å². The Morgan fingerprint density at radius 3 is 2.64 bits per heavy atom. The summed E-state index contributed by atoms with van der Waals surface area (Å²) in [5.41, 5.74) is 2.61. The first-order valence-corrected chi connectivity index (χ1v) is 8.66. The normalized spacial score (nSPS) is 18.5. The van der Waals surface area contributed by atoms with Crippen LogP contribution >= 0.6 is 0 Å². The molecule has 1 saturated heterocycles. The van der Waals surface area contributed by atoms with Gasteiger partial charge in [-0.15, -0.1) is 0 Å². The zero-order valence-corrected chi connectivity index (χ0v) is 14.0. The number of aryl methyl sites for hydroxylation is 2. The number of nitrogens with zero attached hydrogens (tertiary/aromatic N) is 1. The van der Waals surface area contributed by atoms with Gasteiger partial charge in [0, 0.05) is 26.1 Å². The first kappa shape index (κ1) is 17.0. The molecule has 1 fully saturated rings. The molecule has 0 bridgehead atoms. The fourth-order valence-electron chi connectivity index (χ4n) is 3.06. The first-order chi connectivity index (χ1) is 10.7.